The maximum absolute atomic E-state index is 6.11. The monoisotopic (exact) mass is 436 g/mol. The fourth-order valence-electron chi connectivity index (χ4n) is 4.52. The van der Waals surface area contributed by atoms with Crippen LogP contribution in [-0.2, 0) is 6.54 Å². The van der Waals surface area contributed by atoms with Crippen molar-refractivity contribution >= 4 is 16.9 Å². The van der Waals surface area contributed by atoms with E-state index in [0.717, 1.165) is 45.8 Å². The molecule has 164 valence electrons. The van der Waals surface area contributed by atoms with Crippen LogP contribution in [0.3, 0.4) is 0 Å². The van der Waals surface area contributed by atoms with Gasteiger partial charge in [-0.25, -0.2) is 9.97 Å². The number of anilines is 1. The lowest BCUT2D eigenvalue weighted by molar-refractivity contribution is 0.391. The second-order valence-electron chi connectivity index (χ2n) is 8.67. The van der Waals surface area contributed by atoms with E-state index in [2.05, 4.69) is 60.5 Å². The smallest absolute Gasteiger partial charge is 0.205 e. The third kappa shape index (κ3) is 3.34. The molecule has 1 fully saturated rings. The van der Waals surface area contributed by atoms with Crippen LogP contribution in [-0.4, -0.2) is 35.2 Å². The average Bonchev–Trinajstić information content (AvgIpc) is 3.46. The first kappa shape index (κ1) is 19.6. The molecule has 33 heavy (non-hydrogen) atoms. The summed E-state index contributed by atoms with van der Waals surface area (Å²) in [6, 6.07) is 16.7. The van der Waals surface area contributed by atoms with Crippen LogP contribution in [0.25, 0.3) is 33.7 Å². The number of nitrogens with two attached hydrogens (primary N) is 1. The molecular weight excluding hydrogens is 412 g/mol. The molecule has 3 N–H and O–H groups in total. The molecule has 0 bridgehead atoms. The highest BCUT2D eigenvalue weighted by Crippen LogP contribution is 2.38. The lowest BCUT2D eigenvalue weighted by Gasteiger charge is -2.25. The SMILES string of the molecule is Cc1c(N)cnc2c1nc(C1CCC1)n2Cc1ccc(-c2ccccc2-c2nn[nH]n2)cc1. The summed E-state index contributed by atoms with van der Waals surface area (Å²) in [7, 11) is 0. The first-order valence-corrected chi connectivity index (χ1v) is 11.2. The molecule has 0 atom stereocenters. The number of benzene rings is 2. The number of hydrogen-bond donors (Lipinski definition) is 2. The largest absolute Gasteiger partial charge is 0.397 e. The molecule has 8 heteroatoms. The van der Waals surface area contributed by atoms with Crippen molar-refractivity contribution in [3.05, 3.63) is 71.7 Å². The number of aromatic nitrogens is 7. The number of aryl methyl sites for hydroxylation is 1. The van der Waals surface area contributed by atoms with E-state index >= 15 is 0 Å². The number of nitrogen functional groups attached to an aromatic ring is 1. The predicted molar refractivity (Wildman–Crippen MR) is 127 cm³/mol. The van der Waals surface area contributed by atoms with Crippen molar-refractivity contribution in [3.63, 3.8) is 0 Å². The number of hydrogen-bond acceptors (Lipinski definition) is 6. The minimum atomic E-state index is 0.501. The van der Waals surface area contributed by atoms with Gasteiger partial charge in [0.1, 0.15) is 11.3 Å². The number of aromatic amines is 1. The van der Waals surface area contributed by atoms with Gasteiger partial charge in [0.15, 0.2) is 5.65 Å². The number of nitrogens with one attached hydrogen (secondary N) is 1. The summed E-state index contributed by atoms with van der Waals surface area (Å²) in [6.07, 6.45) is 5.38. The summed E-state index contributed by atoms with van der Waals surface area (Å²) in [5.74, 6) is 2.22. The summed E-state index contributed by atoms with van der Waals surface area (Å²) >= 11 is 0. The van der Waals surface area contributed by atoms with E-state index < -0.39 is 0 Å². The van der Waals surface area contributed by atoms with Gasteiger partial charge in [-0.3, -0.25) is 0 Å². The Labute approximate surface area is 190 Å². The Morgan fingerprint density at radius 2 is 1.85 bits per heavy atom. The molecule has 6 rings (SSSR count). The Hall–Kier alpha value is -4.07. The molecule has 0 spiro atoms. The lowest BCUT2D eigenvalue weighted by atomic mass is 9.85. The molecule has 3 heterocycles. The Morgan fingerprint density at radius 3 is 2.55 bits per heavy atom. The van der Waals surface area contributed by atoms with Gasteiger partial charge in [-0.1, -0.05) is 55.0 Å². The van der Waals surface area contributed by atoms with E-state index in [0.29, 0.717) is 17.4 Å². The maximum atomic E-state index is 6.11. The second-order valence-corrected chi connectivity index (χ2v) is 8.67. The summed E-state index contributed by atoms with van der Waals surface area (Å²) in [5, 5.41) is 14.5. The molecule has 8 nitrogen and oxygen atoms in total. The van der Waals surface area contributed by atoms with E-state index in [-0.39, 0.29) is 0 Å². The molecule has 1 saturated carbocycles. The molecule has 0 amide bonds. The van der Waals surface area contributed by atoms with Crippen LogP contribution in [0.15, 0.2) is 54.7 Å². The van der Waals surface area contributed by atoms with Crippen molar-refractivity contribution in [1.82, 2.24) is 35.2 Å². The predicted octanol–water partition coefficient (Wildman–Crippen LogP) is 4.48. The van der Waals surface area contributed by atoms with Crippen molar-refractivity contribution in [3.8, 4) is 22.5 Å². The van der Waals surface area contributed by atoms with Gasteiger partial charge < -0.3 is 10.3 Å². The maximum Gasteiger partial charge on any atom is 0.205 e. The summed E-state index contributed by atoms with van der Waals surface area (Å²) in [5.41, 5.74) is 14.0. The highest BCUT2D eigenvalue weighted by molar-refractivity contribution is 5.81. The van der Waals surface area contributed by atoms with Crippen LogP contribution in [0.2, 0.25) is 0 Å². The van der Waals surface area contributed by atoms with E-state index in [9.17, 15) is 0 Å². The first-order valence-electron chi connectivity index (χ1n) is 11.2. The third-order valence-corrected chi connectivity index (χ3v) is 6.67. The summed E-state index contributed by atoms with van der Waals surface area (Å²) < 4.78 is 2.27. The van der Waals surface area contributed by atoms with Gasteiger partial charge in [-0.2, -0.15) is 5.21 Å². The number of H-pyrrole nitrogens is 1. The lowest BCUT2D eigenvalue weighted by Crippen LogP contribution is -2.16. The fourth-order valence-corrected chi connectivity index (χ4v) is 4.52. The van der Waals surface area contributed by atoms with Gasteiger partial charge in [0, 0.05) is 17.0 Å². The molecule has 1 aliphatic rings. The van der Waals surface area contributed by atoms with Crippen molar-refractivity contribution < 1.29 is 0 Å². The van der Waals surface area contributed by atoms with E-state index in [1.807, 2.05) is 25.1 Å². The second kappa shape index (κ2) is 7.81. The van der Waals surface area contributed by atoms with Gasteiger partial charge in [0.05, 0.1) is 18.4 Å². The minimum absolute atomic E-state index is 0.501. The molecule has 0 aliphatic heterocycles. The van der Waals surface area contributed by atoms with Crippen LogP contribution in [0.4, 0.5) is 5.69 Å². The van der Waals surface area contributed by atoms with Crippen molar-refractivity contribution in [2.75, 3.05) is 5.73 Å². The molecule has 0 saturated heterocycles. The molecule has 1 aliphatic carbocycles. The molecular formula is C25H24N8. The number of imidazole rings is 1. The van der Waals surface area contributed by atoms with Gasteiger partial charge in [-0.15, -0.1) is 10.2 Å². The normalized spacial score (nSPS) is 14.0. The molecule has 0 unspecified atom stereocenters. The highest BCUT2D eigenvalue weighted by Gasteiger charge is 2.27. The molecule has 5 aromatic rings. The Kier molecular flexibility index (Phi) is 4.64. The Balaban J connectivity index is 1.36. The van der Waals surface area contributed by atoms with Gasteiger partial charge in [0.2, 0.25) is 5.82 Å². The van der Waals surface area contributed by atoms with Crippen molar-refractivity contribution in [1.29, 1.82) is 0 Å². The average molecular weight is 437 g/mol. The third-order valence-electron chi connectivity index (χ3n) is 6.67. The highest BCUT2D eigenvalue weighted by atomic mass is 15.5. The van der Waals surface area contributed by atoms with E-state index in [1.54, 1.807) is 6.20 Å². The molecule has 2 aromatic carbocycles. The zero-order valence-corrected chi connectivity index (χ0v) is 18.4. The number of tetrazole rings is 1. The van der Waals surface area contributed by atoms with Crippen LogP contribution in [0, 0.1) is 6.92 Å². The van der Waals surface area contributed by atoms with Crippen LogP contribution in [0.1, 0.15) is 42.1 Å². The first-order chi connectivity index (χ1) is 16.2. The zero-order valence-electron chi connectivity index (χ0n) is 18.4. The van der Waals surface area contributed by atoms with Gasteiger partial charge in [0.25, 0.3) is 0 Å². The molecule has 0 radical (unpaired) electrons. The van der Waals surface area contributed by atoms with Crippen LogP contribution >= 0.6 is 0 Å². The molecule has 3 aromatic heterocycles. The number of rotatable bonds is 5. The van der Waals surface area contributed by atoms with Gasteiger partial charge >= 0.3 is 0 Å². The summed E-state index contributed by atoms with van der Waals surface area (Å²) in [4.78, 5) is 9.65. The van der Waals surface area contributed by atoms with E-state index in [1.165, 1.54) is 24.8 Å². The minimum Gasteiger partial charge on any atom is -0.397 e. The topological polar surface area (TPSA) is 111 Å². The standard InChI is InChI=1S/C25H24N8/c1-15-21(26)13-27-25-22(15)28-24(18-5-4-6-18)33(25)14-16-9-11-17(12-10-16)19-7-2-3-8-20(19)23-29-31-32-30-23/h2-3,7-13,18H,4-6,14,26H2,1H3,(H,29,30,31,32). The van der Waals surface area contributed by atoms with Crippen LogP contribution in [0.5, 0.6) is 0 Å². The Bertz CT molecular complexity index is 1430. The fraction of sp³-hybridized carbons (Fsp3) is 0.240. The van der Waals surface area contributed by atoms with Crippen molar-refractivity contribution in [2.45, 2.75) is 38.6 Å². The summed E-state index contributed by atoms with van der Waals surface area (Å²) in [6.45, 7) is 2.75. The number of fused-ring (bicyclic) bond motifs is 1. The zero-order chi connectivity index (χ0) is 22.4. The Morgan fingerprint density at radius 1 is 1.06 bits per heavy atom. The van der Waals surface area contributed by atoms with Crippen LogP contribution < -0.4 is 5.73 Å². The van der Waals surface area contributed by atoms with Crippen molar-refractivity contribution in [2.24, 2.45) is 0 Å². The van der Waals surface area contributed by atoms with E-state index in [4.69, 9.17) is 10.7 Å². The van der Waals surface area contributed by atoms with Gasteiger partial charge in [-0.05, 0) is 41.7 Å². The quantitative estimate of drug-likeness (QED) is 0.420. The number of pyridine rings is 1. The number of nitrogens with zero attached hydrogens (tertiary/aromatic N) is 6.